The van der Waals surface area contributed by atoms with Crippen LogP contribution in [0.5, 0.6) is 0 Å². The summed E-state index contributed by atoms with van der Waals surface area (Å²) in [6.07, 6.45) is 1.62. The third-order valence-electron chi connectivity index (χ3n) is 8.51. The minimum Gasteiger partial charge on any atom is -0.343 e. The number of piperazine rings is 1. The molecule has 4 rings (SSSR count). The van der Waals surface area contributed by atoms with Crippen molar-refractivity contribution in [2.75, 3.05) is 32.7 Å². The average molecular weight is 533 g/mol. The van der Waals surface area contributed by atoms with Gasteiger partial charge in [0, 0.05) is 45.7 Å². The Balaban J connectivity index is 1.54. The van der Waals surface area contributed by atoms with E-state index in [2.05, 4.69) is 111 Å². The van der Waals surface area contributed by atoms with Gasteiger partial charge in [-0.25, -0.2) is 4.79 Å². The zero-order valence-corrected chi connectivity index (χ0v) is 25.0. The predicted molar refractivity (Wildman–Crippen MR) is 159 cm³/mol. The molecule has 2 aromatic carbocycles. The van der Waals surface area contributed by atoms with Gasteiger partial charge in [0.1, 0.15) is 0 Å². The highest BCUT2D eigenvalue weighted by molar-refractivity contribution is 5.75. The lowest BCUT2D eigenvalue weighted by molar-refractivity contribution is -0.129. The van der Waals surface area contributed by atoms with E-state index in [0.29, 0.717) is 19.6 Å². The molecule has 0 saturated carbocycles. The topological polar surface area (TPSA) is 55.9 Å². The van der Waals surface area contributed by atoms with Crippen LogP contribution >= 0.6 is 0 Å². The molecular formula is C33H48N4O2. The molecule has 0 aliphatic carbocycles. The number of carbonyl (C=O) groups excluding carboxylic acids is 2. The van der Waals surface area contributed by atoms with Crippen LogP contribution in [0.15, 0.2) is 54.6 Å². The van der Waals surface area contributed by atoms with Crippen molar-refractivity contribution in [1.82, 2.24) is 20.0 Å². The second kappa shape index (κ2) is 11.7. The van der Waals surface area contributed by atoms with Crippen molar-refractivity contribution >= 4 is 11.9 Å². The number of rotatable bonds is 4. The van der Waals surface area contributed by atoms with Crippen molar-refractivity contribution < 1.29 is 9.59 Å². The third-order valence-corrected chi connectivity index (χ3v) is 8.51. The van der Waals surface area contributed by atoms with Crippen LogP contribution in [0.2, 0.25) is 0 Å². The summed E-state index contributed by atoms with van der Waals surface area (Å²) >= 11 is 0. The number of benzene rings is 2. The van der Waals surface area contributed by atoms with Crippen LogP contribution in [0.25, 0.3) is 0 Å². The van der Waals surface area contributed by atoms with E-state index in [1.54, 1.807) is 6.92 Å². The van der Waals surface area contributed by atoms with Crippen molar-refractivity contribution in [1.29, 1.82) is 0 Å². The van der Waals surface area contributed by atoms with Crippen molar-refractivity contribution in [3.8, 4) is 0 Å². The number of hydrogen-bond donors (Lipinski definition) is 1. The Morgan fingerprint density at radius 1 is 0.821 bits per heavy atom. The van der Waals surface area contributed by atoms with Gasteiger partial charge in [-0.2, -0.15) is 0 Å². The summed E-state index contributed by atoms with van der Waals surface area (Å²) in [5.41, 5.74) is 3.94. The van der Waals surface area contributed by atoms with Crippen LogP contribution in [-0.2, 0) is 10.2 Å². The minimum atomic E-state index is -0.0780. The molecule has 0 unspecified atom stereocenters. The van der Waals surface area contributed by atoms with E-state index in [9.17, 15) is 9.59 Å². The normalized spacial score (nSPS) is 20.5. The van der Waals surface area contributed by atoms with Gasteiger partial charge in [0.25, 0.3) is 0 Å². The van der Waals surface area contributed by atoms with Crippen molar-refractivity contribution in [2.45, 2.75) is 84.8 Å². The van der Waals surface area contributed by atoms with Crippen LogP contribution in [0, 0.1) is 5.41 Å². The van der Waals surface area contributed by atoms with E-state index >= 15 is 0 Å². The van der Waals surface area contributed by atoms with Crippen LogP contribution in [-0.4, -0.2) is 71.4 Å². The van der Waals surface area contributed by atoms with Gasteiger partial charge in [-0.05, 0) is 40.4 Å². The molecule has 1 N–H and O–H groups in total. The third kappa shape index (κ3) is 7.02. The Morgan fingerprint density at radius 3 is 1.95 bits per heavy atom. The molecule has 2 atom stereocenters. The number of likely N-dealkylation sites (tertiary alicyclic amines) is 1. The minimum absolute atomic E-state index is 0.0293. The van der Waals surface area contributed by atoms with Gasteiger partial charge in [-0.3, -0.25) is 9.69 Å². The first-order chi connectivity index (χ1) is 18.3. The lowest BCUT2D eigenvalue weighted by Crippen LogP contribution is -2.63. The standard InChI is InChI=1S/C33H48N4O2/c1-24(38)35-19-17-28(18-20-35)34-31(39)37-22-21-36(23-29(37)33(5,6)7)30(25-11-9-8-10-12-25)26-13-15-27(16-14-26)32(2,3)4/h8-16,28-30H,17-23H2,1-7H3,(H,34,39)/t29-,30-/m1/s1. The number of amides is 3. The maximum absolute atomic E-state index is 13.6. The van der Waals surface area contributed by atoms with Crippen molar-refractivity contribution in [2.24, 2.45) is 5.41 Å². The molecule has 6 nitrogen and oxygen atoms in total. The first-order valence-corrected chi connectivity index (χ1v) is 14.6. The molecule has 3 amide bonds. The molecule has 212 valence electrons. The van der Waals surface area contributed by atoms with E-state index in [0.717, 1.165) is 25.9 Å². The van der Waals surface area contributed by atoms with E-state index in [-0.39, 0.29) is 40.9 Å². The highest BCUT2D eigenvalue weighted by atomic mass is 16.2. The maximum Gasteiger partial charge on any atom is 0.317 e. The Kier molecular flexibility index (Phi) is 8.75. The van der Waals surface area contributed by atoms with Gasteiger partial charge in [0.2, 0.25) is 5.91 Å². The van der Waals surface area contributed by atoms with Crippen molar-refractivity contribution in [3.05, 3.63) is 71.3 Å². The van der Waals surface area contributed by atoms with E-state index in [1.807, 2.05) is 4.90 Å². The van der Waals surface area contributed by atoms with Crippen LogP contribution in [0.4, 0.5) is 4.79 Å². The SMILES string of the molecule is CC(=O)N1CCC(NC(=O)N2CCN([C@H](c3ccccc3)c3ccc(C(C)(C)C)cc3)C[C@@H]2C(C)(C)C)CC1. The summed E-state index contributed by atoms with van der Waals surface area (Å²) in [5, 5.41) is 3.31. The molecule has 0 bridgehead atoms. The molecule has 6 heteroatoms. The van der Waals surface area contributed by atoms with Crippen LogP contribution in [0.3, 0.4) is 0 Å². The van der Waals surface area contributed by atoms with Crippen LogP contribution < -0.4 is 5.32 Å². The molecule has 0 radical (unpaired) electrons. The largest absolute Gasteiger partial charge is 0.343 e. The summed E-state index contributed by atoms with van der Waals surface area (Å²) in [7, 11) is 0. The fraction of sp³-hybridized carbons (Fsp3) is 0.576. The molecule has 2 fully saturated rings. The predicted octanol–water partition coefficient (Wildman–Crippen LogP) is 5.83. The number of nitrogens with one attached hydrogen (secondary N) is 1. The number of carbonyl (C=O) groups is 2. The summed E-state index contributed by atoms with van der Waals surface area (Å²) in [6.45, 7) is 18.8. The molecule has 0 aromatic heterocycles. The first-order valence-electron chi connectivity index (χ1n) is 14.6. The molecular weight excluding hydrogens is 484 g/mol. The molecule has 2 saturated heterocycles. The average Bonchev–Trinajstić information content (AvgIpc) is 2.89. The zero-order chi connectivity index (χ0) is 28.4. The van der Waals surface area contributed by atoms with Gasteiger partial charge in [-0.15, -0.1) is 0 Å². The molecule has 2 aromatic rings. The lowest BCUT2D eigenvalue weighted by atomic mass is 9.82. The Bertz CT molecular complexity index is 1110. The van der Waals surface area contributed by atoms with Crippen molar-refractivity contribution in [3.63, 3.8) is 0 Å². The fourth-order valence-corrected chi connectivity index (χ4v) is 6.03. The van der Waals surface area contributed by atoms with Crippen LogP contribution in [0.1, 0.15) is 84.0 Å². The van der Waals surface area contributed by atoms with Gasteiger partial charge in [-0.1, -0.05) is 96.1 Å². The van der Waals surface area contributed by atoms with Gasteiger partial charge in [0.05, 0.1) is 12.1 Å². The van der Waals surface area contributed by atoms with Gasteiger partial charge in [0.15, 0.2) is 0 Å². The maximum atomic E-state index is 13.6. The number of nitrogens with zero attached hydrogens (tertiary/aromatic N) is 3. The monoisotopic (exact) mass is 532 g/mol. The number of urea groups is 1. The fourth-order valence-electron chi connectivity index (χ4n) is 6.03. The van der Waals surface area contributed by atoms with E-state index in [1.165, 1.54) is 16.7 Å². The molecule has 2 aliphatic heterocycles. The van der Waals surface area contributed by atoms with Gasteiger partial charge < -0.3 is 15.1 Å². The summed E-state index contributed by atoms with van der Waals surface area (Å²) in [4.78, 5) is 31.8. The summed E-state index contributed by atoms with van der Waals surface area (Å²) in [6, 6.07) is 20.2. The lowest BCUT2D eigenvalue weighted by Gasteiger charge is -2.49. The number of piperidine rings is 1. The summed E-state index contributed by atoms with van der Waals surface area (Å²) in [5.74, 6) is 0.115. The number of hydrogen-bond acceptors (Lipinski definition) is 3. The zero-order valence-electron chi connectivity index (χ0n) is 25.0. The van der Waals surface area contributed by atoms with E-state index < -0.39 is 0 Å². The first kappa shape index (κ1) is 29.1. The highest BCUT2D eigenvalue weighted by Gasteiger charge is 2.41. The molecule has 2 heterocycles. The summed E-state index contributed by atoms with van der Waals surface area (Å²) < 4.78 is 0. The quantitative estimate of drug-likeness (QED) is 0.539. The van der Waals surface area contributed by atoms with E-state index in [4.69, 9.17) is 0 Å². The smallest absolute Gasteiger partial charge is 0.317 e. The highest BCUT2D eigenvalue weighted by Crippen LogP contribution is 2.36. The molecule has 39 heavy (non-hydrogen) atoms. The Labute approximate surface area is 235 Å². The molecule has 2 aliphatic rings. The second-order valence-corrected chi connectivity index (χ2v) is 13.5. The second-order valence-electron chi connectivity index (χ2n) is 13.5. The molecule has 0 spiro atoms. The van der Waals surface area contributed by atoms with Gasteiger partial charge >= 0.3 is 6.03 Å². The Morgan fingerprint density at radius 2 is 1.41 bits per heavy atom. The Hall–Kier alpha value is -2.86.